The first-order chi connectivity index (χ1) is 16.3. The number of methoxy groups -OCH3 is 1. The van der Waals surface area contributed by atoms with Gasteiger partial charge >= 0.3 is 5.97 Å². The zero-order valence-electron chi connectivity index (χ0n) is 19.8. The number of esters is 1. The number of carbonyl (C=O) groups is 3. The Hall–Kier alpha value is -3.94. The smallest absolute Gasteiger partial charge is 0.359 e. The van der Waals surface area contributed by atoms with E-state index in [0.29, 0.717) is 18.7 Å². The highest BCUT2D eigenvalue weighted by Gasteiger charge is 2.50. The van der Waals surface area contributed by atoms with Crippen LogP contribution in [0.25, 0.3) is 0 Å². The summed E-state index contributed by atoms with van der Waals surface area (Å²) in [4.78, 5) is 45.5. The maximum atomic E-state index is 13.9. The molecule has 0 radical (unpaired) electrons. The largest absolute Gasteiger partial charge is 0.464 e. The van der Waals surface area contributed by atoms with Crippen LogP contribution in [0.1, 0.15) is 51.5 Å². The van der Waals surface area contributed by atoms with Crippen molar-refractivity contribution >= 4 is 23.5 Å². The third-order valence-corrected chi connectivity index (χ3v) is 6.27. The predicted octanol–water partition coefficient (Wildman–Crippen LogP) is 3.28. The van der Waals surface area contributed by atoms with Crippen LogP contribution in [0.4, 0.5) is 5.69 Å². The van der Waals surface area contributed by atoms with Crippen LogP contribution in [0.15, 0.2) is 54.9 Å². The molecule has 1 aliphatic rings. The quantitative estimate of drug-likeness (QED) is 0.570. The number of nitrogens with zero attached hydrogens (tertiary/aromatic N) is 3. The molecule has 1 N–H and O–H groups in total. The van der Waals surface area contributed by atoms with Crippen LogP contribution in [0.5, 0.6) is 0 Å². The van der Waals surface area contributed by atoms with Crippen molar-refractivity contribution in [3.63, 3.8) is 0 Å². The highest BCUT2D eigenvalue weighted by Crippen LogP contribution is 2.36. The zero-order valence-corrected chi connectivity index (χ0v) is 19.8. The number of aryl methyl sites for hydroxylation is 2. The second-order valence-corrected chi connectivity index (χ2v) is 8.63. The first-order valence-corrected chi connectivity index (χ1v) is 11.2. The Morgan fingerprint density at radius 2 is 1.85 bits per heavy atom. The van der Waals surface area contributed by atoms with E-state index in [9.17, 15) is 14.4 Å². The number of hydrogen-bond donors (Lipinski definition) is 1. The minimum Gasteiger partial charge on any atom is -0.464 e. The van der Waals surface area contributed by atoms with E-state index < -0.39 is 17.4 Å². The van der Waals surface area contributed by atoms with Crippen LogP contribution in [0.2, 0.25) is 0 Å². The van der Waals surface area contributed by atoms with E-state index in [1.54, 1.807) is 11.5 Å². The molecule has 2 aromatic carbocycles. The van der Waals surface area contributed by atoms with Crippen molar-refractivity contribution in [3.05, 3.63) is 82.9 Å². The molecule has 1 aliphatic heterocycles. The molecule has 1 aromatic heterocycles. The van der Waals surface area contributed by atoms with Gasteiger partial charge in [-0.25, -0.2) is 9.78 Å². The van der Waals surface area contributed by atoms with Crippen molar-refractivity contribution < 1.29 is 19.1 Å². The first kappa shape index (κ1) is 23.2. The number of amides is 2. The first-order valence-electron chi connectivity index (χ1n) is 11.2. The van der Waals surface area contributed by atoms with Gasteiger partial charge in [-0.05, 0) is 37.5 Å². The molecule has 0 fully saturated rings. The summed E-state index contributed by atoms with van der Waals surface area (Å²) >= 11 is 0. The SMILES string of the molecule is CCc1ccccc1N1C(=O)c2c(C(=O)OC)ncn2CC1(C)C(=O)NCc1ccc(C)cc1. The summed E-state index contributed by atoms with van der Waals surface area (Å²) in [6.45, 7) is 6.20. The number of fused-ring (bicyclic) bond motifs is 1. The lowest BCUT2D eigenvalue weighted by Gasteiger charge is -2.44. The molecule has 176 valence electrons. The average Bonchev–Trinajstić information content (AvgIpc) is 3.27. The molecule has 8 nitrogen and oxygen atoms in total. The van der Waals surface area contributed by atoms with Crippen molar-refractivity contribution in [1.82, 2.24) is 14.9 Å². The summed E-state index contributed by atoms with van der Waals surface area (Å²) in [5.41, 5.74) is 2.44. The minimum atomic E-state index is -1.26. The molecule has 0 saturated heterocycles. The summed E-state index contributed by atoms with van der Waals surface area (Å²) in [5.74, 6) is -1.47. The van der Waals surface area contributed by atoms with Gasteiger partial charge < -0.3 is 14.6 Å². The number of hydrogen-bond acceptors (Lipinski definition) is 5. The summed E-state index contributed by atoms with van der Waals surface area (Å²) in [6.07, 6.45) is 2.08. The number of nitrogens with one attached hydrogen (secondary N) is 1. The van der Waals surface area contributed by atoms with E-state index in [0.717, 1.165) is 16.7 Å². The van der Waals surface area contributed by atoms with Crippen molar-refractivity contribution in [2.24, 2.45) is 0 Å². The molecular weight excluding hydrogens is 432 g/mol. The monoisotopic (exact) mass is 460 g/mol. The average molecular weight is 461 g/mol. The summed E-state index contributed by atoms with van der Waals surface area (Å²) < 4.78 is 6.39. The fourth-order valence-electron chi connectivity index (χ4n) is 4.36. The lowest BCUT2D eigenvalue weighted by Crippen LogP contribution is -2.64. The summed E-state index contributed by atoms with van der Waals surface area (Å²) in [7, 11) is 1.24. The second kappa shape index (κ2) is 9.13. The van der Waals surface area contributed by atoms with Gasteiger partial charge in [0.2, 0.25) is 5.91 Å². The number of rotatable bonds is 6. The summed E-state index contributed by atoms with van der Waals surface area (Å²) in [5, 5.41) is 3.00. The van der Waals surface area contributed by atoms with Crippen LogP contribution >= 0.6 is 0 Å². The van der Waals surface area contributed by atoms with Gasteiger partial charge in [-0.3, -0.25) is 14.5 Å². The molecular formula is C26H28N4O4. The molecule has 8 heteroatoms. The van der Waals surface area contributed by atoms with Crippen LogP contribution in [-0.4, -0.2) is 40.0 Å². The van der Waals surface area contributed by atoms with E-state index in [-0.39, 0.29) is 23.8 Å². The van der Waals surface area contributed by atoms with Gasteiger partial charge in [-0.15, -0.1) is 0 Å². The maximum Gasteiger partial charge on any atom is 0.359 e. The Balaban J connectivity index is 1.77. The zero-order chi connectivity index (χ0) is 24.5. The molecule has 0 saturated carbocycles. The van der Waals surface area contributed by atoms with Crippen LogP contribution < -0.4 is 10.2 Å². The lowest BCUT2D eigenvalue weighted by molar-refractivity contribution is -0.126. The van der Waals surface area contributed by atoms with E-state index in [2.05, 4.69) is 10.3 Å². The van der Waals surface area contributed by atoms with E-state index in [4.69, 9.17) is 4.74 Å². The van der Waals surface area contributed by atoms with Gasteiger partial charge in [-0.1, -0.05) is 55.0 Å². The van der Waals surface area contributed by atoms with Gasteiger partial charge in [0, 0.05) is 12.2 Å². The normalized spacial score (nSPS) is 17.3. The molecule has 2 amide bonds. The van der Waals surface area contributed by atoms with Crippen molar-refractivity contribution in [2.75, 3.05) is 12.0 Å². The van der Waals surface area contributed by atoms with Gasteiger partial charge in [0.1, 0.15) is 11.2 Å². The van der Waals surface area contributed by atoms with Crippen molar-refractivity contribution in [2.45, 2.75) is 45.8 Å². The highest BCUT2D eigenvalue weighted by atomic mass is 16.5. The van der Waals surface area contributed by atoms with Gasteiger partial charge in [0.15, 0.2) is 5.69 Å². The molecule has 2 heterocycles. The predicted molar refractivity (Wildman–Crippen MR) is 128 cm³/mol. The number of benzene rings is 2. The Bertz CT molecular complexity index is 1250. The molecule has 0 spiro atoms. The number of imidazole rings is 1. The number of aromatic nitrogens is 2. The molecule has 1 unspecified atom stereocenters. The van der Waals surface area contributed by atoms with E-state index in [1.807, 2.05) is 62.4 Å². The number of carbonyl (C=O) groups excluding carboxylic acids is 3. The van der Waals surface area contributed by atoms with Gasteiger partial charge in [-0.2, -0.15) is 0 Å². The molecule has 4 rings (SSSR count). The highest BCUT2D eigenvalue weighted by molar-refractivity contribution is 6.15. The Morgan fingerprint density at radius 3 is 2.53 bits per heavy atom. The Labute approximate surface area is 198 Å². The van der Waals surface area contributed by atoms with Crippen molar-refractivity contribution in [1.29, 1.82) is 0 Å². The summed E-state index contributed by atoms with van der Waals surface area (Å²) in [6, 6.07) is 15.4. The third kappa shape index (κ3) is 3.96. The fourth-order valence-corrected chi connectivity index (χ4v) is 4.36. The molecule has 34 heavy (non-hydrogen) atoms. The third-order valence-electron chi connectivity index (χ3n) is 6.27. The van der Waals surface area contributed by atoms with Crippen LogP contribution in [-0.2, 0) is 29.0 Å². The van der Waals surface area contributed by atoms with Crippen LogP contribution in [0.3, 0.4) is 0 Å². The van der Waals surface area contributed by atoms with Gasteiger partial charge in [0.05, 0.1) is 20.0 Å². The minimum absolute atomic E-state index is 0.0615. The topological polar surface area (TPSA) is 93.5 Å². The van der Waals surface area contributed by atoms with Gasteiger partial charge in [0.25, 0.3) is 5.91 Å². The van der Waals surface area contributed by atoms with Crippen molar-refractivity contribution in [3.8, 4) is 0 Å². The number of ether oxygens (including phenoxy) is 1. The molecule has 0 aliphatic carbocycles. The molecule has 3 aromatic rings. The number of para-hydroxylation sites is 1. The Kier molecular flexibility index (Phi) is 6.24. The van der Waals surface area contributed by atoms with E-state index in [1.165, 1.54) is 18.3 Å². The fraction of sp³-hybridized carbons (Fsp3) is 0.308. The standard InChI is InChI=1S/C26H28N4O4/c1-5-19-8-6-7-9-20(19)30-23(31)22-21(24(32)34-4)28-16-29(22)15-26(30,3)25(33)27-14-18-12-10-17(2)11-13-18/h6-13,16H,5,14-15H2,1-4H3,(H,27,33). The Morgan fingerprint density at radius 1 is 1.15 bits per heavy atom. The number of anilines is 1. The van der Waals surface area contributed by atoms with E-state index >= 15 is 0 Å². The van der Waals surface area contributed by atoms with Crippen LogP contribution in [0, 0.1) is 6.92 Å². The molecule has 1 atom stereocenters. The lowest BCUT2D eigenvalue weighted by atomic mass is 9.92. The maximum absolute atomic E-state index is 13.9. The molecule has 0 bridgehead atoms. The second-order valence-electron chi connectivity index (χ2n) is 8.63.